The van der Waals surface area contributed by atoms with Crippen molar-refractivity contribution < 1.29 is 19.2 Å². The molecule has 31 heavy (non-hydrogen) atoms. The van der Waals surface area contributed by atoms with Gasteiger partial charge in [-0.3, -0.25) is 30.6 Å². The summed E-state index contributed by atoms with van der Waals surface area (Å²) < 4.78 is 7.01. The van der Waals surface area contributed by atoms with Gasteiger partial charge in [0.25, 0.3) is 17.5 Å². The molecule has 0 saturated carbocycles. The van der Waals surface area contributed by atoms with E-state index in [0.29, 0.717) is 11.4 Å². The quantitative estimate of drug-likeness (QED) is 0.463. The summed E-state index contributed by atoms with van der Waals surface area (Å²) >= 11 is 0. The molecule has 0 spiro atoms. The summed E-state index contributed by atoms with van der Waals surface area (Å²) in [6, 6.07) is 12.8. The SMILES string of the molecule is Cc1cccc(OC(C)C(=O)NNC(=O)c2ccn(-c3cccc([N+](=O)[O-])c3)n2)c1C. The largest absolute Gasteiger partial charge is 0.481 e. The number of carbonyl (C=O) groups excluding carboxylic acids is 2. The highest BCUT2D eigenvalue weighted by Crippen LogP contribution is 2.21. The second-order valence-electron chi connectivity index (χ2n) is 6.82. The van der Waals surface area contributed by atoms with Gasteiger partial charge in [-0.05, 0) is 50.1 Å². The van der Waals surface area contributed by atoms with E-state index in [2.05, 4.69) is 16.0 Å². The zero-order valence-electron chi connectivity index (χ0n) is 17.2. The van der Waals surface area contributed by atoms with Crippen LogP contribution in [0.3, 0.4) is 0 Å². The van der Waals surface area contributed by atoms with Crippen molar-refractivity contribution in [3.05, 3.63) is 81.7 Å². The topological polar surface area (TPSA) is 128 Å². The number of aromatic nitrogens is 2. The first-order valence-electron chi connectivity index (χ1n) is 9.40. The van der Waals surface area contributed by atoms with Crippen LogP contribution in [0.15, 0.2) is 54.7 Å². The summed E-state index contributed by atoms with van der Waals surface area (Å²) in [7, 11) is 0. The molecule has 10 heteroatoms. The number of amides is 2. The van der Waals surface area contributed by atoms with Crippen LogP contribution in [-0.4, -0.2) is 32.6 Å². The molecule has 0 aliphatic rings. The monoisotopic (exact) mass is 423 g/mol. The summed E-state index contributed by atoms with van der Waals surface area (Å²) in [5.74, 6) is -0.589. The highest BCUT2D eigenvalue weighted by molar-refractivity contribution is 5.94. The fourth-order valence-corrected chi connectivity index (χ4v) is 2.72. The van der Waals surface area contributed by atoms with Crippen LogP contribution in [0, 0.1) is 24.0 Å². The number of ether oxygens (including phenoxy) is 1. The number of rotatable bonds is 6. The number of non-ortho nitro benzene ring substituents is 1. The number of carbonyl (C=O) groups is 2. The lowest BCUT2D eigenvalue weighted by Gasteiger charge is -2.17. The van der Waals surface area contributed by atoms with Crippen LogP contribution in [0.1, 0.15) is 28.5 Å². The molecule has 2 amide bonds. The highest BCUT2D eigenvalue weighted by atomic mass is 16.6. The van der Waals surface area contributed by atoms with Crippen molar-refractivity contribution >= 4 is 17.5 Å². The van der Waals surface area contributed by atoms with Crippen molar-refractivity contribution in [2.75, 3.05) is 0 Å². The molecule has 1 aromatic heterocycles. The molecule has 160 valence electrons. The van der Waals surface area contributed by atoms with Crippen LogP contribution in [-0.2, 0) is 4.79 Å². The highest BCUT2D eigenvalue weighted by Gasteiger charge is 2.18. The summed E-state index contributed by atoms with van der Waals surface area (Å²) in [4.78, 5) is 35.0. The lowest BCUT2D eigenvalue weighted by molar-refractivity contribution is -0.384. The van der Waals surface area contributed by atoms with Crippen molar-refractivity contribution in [2.24, 2.45) is 0 Å². The Kier molecular flexibility index (Phi) is 6.29. The van der Waals surface area contributed by atoms with Crippen molar-refractivity contribution in [2.45, 2.75) is 26.9 Å². The average Bonchev–Trinajstić information content (AvgIpc) is 3.25. The van der Waals surface area contributed by atoms with Crippen LogP contribution in [0.25, 0.3) is 5.69 Å². The zero-order valence-corrected chi connectivity index (χ0v) is 17.2. The van der Waals surface area contributed by atoms with Crippen LogP contribution in [0.2, 0.25) is 0 Å². The molecule has 1 heterocycles. The Morgan fingerprint density at radius 2 is 1.87 bits per heavy atom. The van der Waals surface area contributed by atoms with Gasteiger partial charge < -0.3 is 4.74 Å². The third kappa shape index (κ3) is 5.04. The number of nitrogens with zero attached hydrogens (tertiary/aromatic N) is 3. The van der Waals surface area contributed by atoms with Crippen LogP contribution >= 0.6 is 0 Å². The fourth-order valence-electron chi connectivity index (χ4n) is 2.72. The van der Waals surface area contributed by atoms with Gasteiger partial charge in [0.05, 0.1) is 10.6 Å². The van der Waals surface area contributed by atoms with Gasteiger partial charge in [-0.25, -0.2) is 4.68 Å². The molecule has 1 unspecified atom stereocenters. The third-order valence-electron chi connectivity index (χ3n) is 4.65. The predicted octanol–water partition coefficient (Wildman–Crippen LogP) is 2.63. The maximum Gasteiger partial charge on any atom is 0.290 e. The van der Waals surface area contributed by atoms with Gasteiger partial charge in [-0.1, -0.05) is 18.2 Å². The molecule has 2 N–H and O–H groups in total. The van der Waals surface area contributed by atoms with Gasteiger partial charge in [0.1, 0.15) is 5.75 Å². The summed E-state index contributed by atoms with van der Waals surface area (Å²) in [6.45, 7) is 5.41. The van der Waals surface area contributed by atoms with E-state index >= 15 is 0 Å². The maximum atomic E-state index is 12.3. The number of benzene rings is 2. The Morgan fingerprint density at radius 3 is 2.61 bits per heavy atom. The zero-order chi connectivity index (χ0) is 22.5. The number of nitro benzene ring substituents is 1. The number of nitro groups is 1. The number of hydrazine groups is 1. The van der Waals surface area contributed by atoms with Crippen LogP contribution < -0.4 is 15.6 Å². The number of nitrogens with one attached hydrogen (secondary N) is 2. The second-order valence-corrected chi connectivity index (χ2v) is 6.82. The van der Waals surface area contributed by atoms with Gasteiger partial charge in [0.15, 0.2) is 11.8 Å². The molecule has 2 aromatic carbocycles. The molecule has 0 aliphatic carbocycles. The lowest BCUT2D eigenvalue weighted by Crippen LogP contribution is -2.47. The first-order chi connectivity index (χ1) is 14.8. The molecule has 0 fully saturated rings. The smallest absolute Gasteiger partial charge is 0.290 e. The molecule has 3 aromatic rings. The lowest BCUT2D eigenvalue weighted by atomic mass is 10.1. The number of hydrogen-bond donors (Lipinski definition) is 2. The summed E-state index contributed by atoms with van der Waals surface area (Å²) in [6.07, 6.45) is 0.644. The molecular weight excluding hydrogens is 402 g/mol. The molecule has 3 rings (SSSR count). The van der Waals surface area contributed by atoms with Crippen molar-refractivity contribution in [1.29, 1.82) is 0 Å². The molecule has 0 bridgehead atoms. The average molecular weight is 423 g/mol. The Labute approximate surface area is 178 Å². The molecular formula is C21H21N5O5. The third-order valence-corrected chi connectivity index (χ3v) is 4.65. The fraction of sp³-hybridized carbons (Fsp3) is 0.190. The Hall–Kier alpha value is -4.21. The summed E-state index contributed by atoms with van der Waals surface area (Å²) in [5.41, 5.74) is 6.91. The molecule has 0 radical (unpaired) electrons. The first kappa shape index (κ1) is 21.5. The van der Waals surface area contributed by atoms with E-state index in [-0.39, 0.29) is 11.4 Å². The minimum atomic E-state index is -0.844. The van der Waals surface area contributed by atoms with Crippen molar-refractivity contribution in [3.63, 3.8) is 0 Å². The Morgan fingerprint density at radius 1 is 1.13 bits per heavy atom. The summed E-state index contributed by atoms with van der Waals surface area (Å²) in [5, 5.41) is 15.0. The van der Waals surface area contributed by atoms with Gasteiger partial charge in [0.2, 0.25) is 0 Å². The molecule has 1 atom stereocenters. The number of hydrogen-bond acceptors (Lipinski definition) is 6. The van der Waals surface area contributed by atoms with Crippen LogP contribution in [0.4, 0.5) is 5.69 Å². The number of aryl methyl sites for hydroxylation is 1. The van der Waals surface area contributed by atoms with E-state index in [1.165, 1.54) is 35.1 Å². The van der Waals surface area contributed by atoms with Gasteiger partial charge in [-0.15, -0.1) is 0 Å². The predicted molar refractivity (Wildman–Crippen MR) is 112 cm³/mol. The minimum absolute atomic E-state index is 0.0231. The maximum absolute atomic E-state index is 12.3. The van der Waals surface area contributed by atoms with E-state index in [1.807, 2.05) is 26.0 Å². The Bertz CT molecular complexity index is 1140. The minimum Gasteiger partial charge on any atom is -0.481 e. The van der Waals surface area contributed by atoms with Crippen LogP contribution in [0.5, 0.6) is 5.75 Å². The molecule has 10 nitrogen and oxygen atoms in total. The normalized spacial score (nSPS) is 11.5. The van der Waals surface area contributed by atoms with Gasteiger partial charge in [0, 0.05) is 18.3 Å². The standard InChI is InChI=1S/C21H21N5O5/c1-13-6-4-9-19(14(13)2)31-15(3)20(27)22-23-21(28)18-10-11-25(24-18)16-7-5-8-17(12-16)26(29)30/h4-12,15H,1-3H3,(H,22,27)(H,23,28). The van der Waals surface area contributed by atoms with Gasteiger partial charge >= 0.3 is 0 Å². The van der Waals surface area contributed by atoms with E-state index < -0.39 is 22.8 Å². The van der Waals surface area contributed by atoms with E-state index in [1.54, 1.807) is 19.1 Å². The molecule has 0 saturated heterocycles. The Balaban J connectivity index is 1.59. The van der Waals surface area contributed by atoms with Gasteiger partial charge in [-0.2, -0.15) is 5.10 Å². The van der Waals surface area contributed by atoms with E-state index in [9.17, 15) is 19.7 Å². The van der Waals surface area contributed by atoms with Crippen molar-refractivity contribution in [3.8, 4) is 11.4 Å². The molecule has 0 aliphatic heterocycles. The van der Waals surface area contributed by atoms with E-state index in [0.717, 1.165) is 11.1 Å². The first-order valence-corrected chi connectivity index (χ1v) is 9.40. The second kappa shape index (κ2) is 9.08. The van der Waals surface area contributed by atoms with E-state index in [4.69, 9.17) is 4.74 Å². The van der Waals surface area contributed by atoms with Crippen molar-refractivity contribution in [1.82, 2.24) is 20.6 Å².